The molecule has 6 atom stereocenters. The minimum atomic E-state index is -1.22. The Morgan fingerprint density at radius 1 is 1.16 bits per heavy atom. The molecule has 2 fully saturated rings. The first-order chi connectivity index (χ1) is 15.3. The SMILES string of the molecule is CCCCN1CC=C[C@]23O[C@@H]4C=CCN(C)C(=O)[C@@H]4[C@H]2C(=O)N([C@@H](CO)C(C)C)C3C1=O. The van der Waals surface area contributed by atoms with E-state index in [1.165, 1.54) is 0 Å². The summed E-state index contributed by atoms with van der Waals surface area (Å²) in [5.74, 6) is -2.14. The zero-order chi connectivity index (χ0) is 23.2. The third kappa shape index (κ3) is 3.30. The van der Waals surface area contributed by atoms with Crippen LogP contribution < -0.4 is 0 Å². The van der Waals surface area contributed by atoms with Gasteiger partial charge < -0.3 is 24.5 Å². The molecule has 1 unspecified atom stereocenters. The van der Waals surface area contributed by atoms with Gasteiger partial charge in [0, 0.05) is 26.7 Å². The average molecular weight is 446 g/mol. The number of unbranched alkanes of at least 4 members (excludes halogenated alkanes) is 1. The van der Waals surface area contributed by atoms with Gasteiger partial charge in [0.15, 0.2) is 0 Å². The predicted octanol–water partition coefficient (Wildman–Crippen LogP) is 0.811. The second-order valence-corrected chi connectivity index (χ2v) is 9.77. The first kappa shape index (κ1) is 23.0. The number of rotatable bonds is 6. The zero-order valence-electron chi connectivity index (χ0n) is 19.4. The molecular formula is C24H35N3O5. The standard InChI is InChI=1S/C24H35N3O5/c1-5-6-12-26-13-8-10-24-19(18-17(32-24)9-7-11-25(4)21(18)29)22(30)27(20(24)23(26)31)16(14-28)15(2)3/h7-10,15-20,28H,5-6,11-14H2,1-4H3/t16-,17+,18-,19-,20?,24-/m0/s1. The summed E-state index contributed by atoms with van der Waals surface area (Å²) in [5.41, 5.74) is -1.22. The molecule has 4 rings (SSSR count). The van der Waals surface area contributed by atoms with Crippen LogP contribution in [0.25, 0.3) is 0 Å². The quantitative estimate of drug-likeness (QED) is 0.611. The van der Waals surface area contributed by atoms with Gasteiger partial charge in [-0.05, 0) is 12.3 Å². The van der Waals surface area contributed by atoms with Crippen LogP contribution in [0.1, 0.15) is 33.6 Å². The number of carbonyl (C=O) groups excluding carboxylic acids is 3. The van der Waals surface area contributed by atoms with Crippen molar-refractivity contribution >= 4 is 17.7 Å². The van der Waals surface area contributed by atoms with Crippen molar-refractivity contribution in [3.8, 4) is 0 Å². The first-order valence-electron chi connectivity index (χ1n) is 11.8. The Morgan fingerprint density at radius 2 is 1.91 bits per heavy atom. The third-order valence-electron chi connectivity index (χ3n) is 7.48. The number of likely N-dealkylation sites (N-methyl/N-ethyl adjacent to an activating group) is 1. The second kappa shape index (κ2) is 8.63. The number of aliphatic hydroxyl groups is 1. The molecule has 32 heavy (non-hydrogen) atoms. The number of nitrogens with zero attached hydrogens (tertiary/aromatic N) is 3. The largest absolute Gasteiger partial charge is 0.394 e. The summed E-state index contributed by atoms with van der Waals surface area (Å²) >= 11 is 0. The number of aliphatic hydroxyl groups excluding tert-OH is 1. The maximum atomic E-state index is 14.0. The van der Waals surface area contributed by atoms with Gasteiger partial charge in [0.25, 0.3) is 0 Å². The van der Waals surface area contributed by atoms with E-state index in [9.17, 15) is 19.5 Å². The van der Waals surface area contributed by atoms with Crippen LogP contribution in [0, 0.1) is 17.8 Å². The van der Waals surface area contributed by atoms with Gasteiger partial charge in [-0.15, -0.1) is 0 Å². The second-order valence-electron chi connectivity index (χ2n) is 9.77. The molecule has 176 valence electrons. The van der Waals surface area contributed by atoms with Gasteiger partial charge in [0.05, 0.1) is 30.6 Å². The Balaban J connectivity index is 1.85. The summed E-state index contributed by atoms with van der Waals surface area (Å²) in [6.45, 7) is 7.18. The third-order valence-corrected chi connectivity index (χ3v) is 7.48. The molecule has 0 bridgehead atoms. The van der Waals surface area contributed by atoms with Crippen LogP contribution in [0.2, 0.25) is 0 Å². The normalized spacial score (nSPS) is 35.2. The van der Waals surface area contributed by atoms with E-state index in [1.807, 2.05) is 38.2 Å². The van der Waals surface area contributed by atoms with Crippen LogP contribution in [0.5, 0.6) is 0 Å². The average Bonchev–Trinajstić information content (AvgIpc) is 3.08. The molecule has 1 spiro atoms. The minimum absolute atomic E-state index is 0.0628. The van der Waals surface area contributed by atoms with Crippen LogP contribution in [-0.4, -0.2) is 94.6 Å². The Bertz CT molecular complexity index is 839. The van der Waals surface area contributed by atoms with Crippen molar-refractivity contribution in [2.75, 3.05) is 33.3 Å². The molecule has 2 saturated heterocycles. The molecule has 0 aromatic carbocycles. The molecule has 8 heteroatoms. The summed E-state index contributed by atoms with van der Waals surface area (Å²) in [7, 11) is 1.72. The number of ether oxygens (including phenoxy) is 1. The van der Waals surface area contributed by atoms with Crippen LogP contribution in [0.4, 0.5) is 0 Å². The molecule has 0 aromatic heterocycles. The fraction of sp³-hybridized carbons (Fsp3) is 0.708. The van der Waals surface area contributed by atoms with E-state index >= 15 is 0 Å². The van der Waals surface area contributed by atoms with Gasteiger partial charge in [-0.3, -0.25) is 14.4 Å². The molecule has 0 radical (unpaired) electrons. The molecule has 4 aliphatic rings. The van der Waals surface area contributed by atoms with E-state index in [0.717, 1.165) is 12.8 Å². The Hall–Kier alpha value is -2.19. The number of fused-ring (bicyclic) bond motifs is 2. The van der Waals surface area contributed by atoms with E-state index in [0.29, 0.717) is 19.6 Å². The van der Waals surface area contributed by atoms with Crippen molar-refractivity contribution in [1.82, 2.24) is 14.7 Å². The lowest BCUT2D eigenvalue weighted by Gasteiger charge is -2.39. The highest BCUT2D eigenvalue weighted by atomic mass is 16.5. The Morgan fingerprint density at radius 3 is 2.56 bits per heavy atom. The molecular weight excluding hydrogens is 410 g/mol. The maximum Gasteiger partial charge on any atom is 0.249 e. The summed E-state index contributed by atoms with van der Waals surface area (Å²) in [4.78, 5) is 46.1. The van der Waals surface area contributed by atoms with Crippen LogP contribution >= 0.6 is 0 Å². The van der Waals surface area contributed by atoms with Gasteiger partial charge in [-0.25, -0.2) is 0 Å². The highest BCUT2D eigenvalue weighted by molar-refractivity contribution is 6.00. The van der Waals surface area contributed by atoms with E-state index in [1.54, 1.807) is 21.7 Å². The molecule has 0 aliphatic carbocycles. The molecule has 0 aromatic rings. The Labute approximate surface area is 189 Å². The fourth-order valence-corrected chi connectivity index (χ4v) is 5.78. The molecule has 8 nitrogen and oxygen atoms in total. The number of likely N-dealkylation sites (tertiary alicyclic amines) is 1. The van der Waals surface area contributed by atoms with Crippen molar-refractivity contribution < 1.29 is 24.2 Å². The van der Waals surface area contributed by atoms with E-state index in [-0.39, 0.29) is 30.2 Å². The number of hydrogen-bond donors (Lipinski definition) is 1. The summed E-state index contributed by atoms with van der Waals surface area (Å²) in [5, 5.41) is 10.2. The summed E-state index contributed by atoms with van der Waals surface area (Å²) in [6.07, 6.45) is 8.76. The maximum absolute atomic E-state index is 14.0. The van der Waals surface area contributed by atoms with Crippen LogP contribution in [0.3, 0.4) is 0 Å². The van der Waals surface area contributed by atoms with E-state index in [4.69, 9.17) is 4.74 Å². The summed E-state index contributed by atoms with van der Waals surface area (Å²) in [6, 6.07) is -1.43. The number of amides is 3. The van der Waals surface area contributed by atoms with E-state index in [2.05, 4.69) is 6.92 Å². The van der Waals surface area contributed by atoms with Crippen molar-refractivity contribution in [2.24, 2.45) is 17.8 Å². The van der Waals surface area contributed by atoms with Crippen molar-refractivity contribution in [3.05, 3.63) is 24.3 Å². The first-order valence-corrected chi connectivity index (χ1v) is 11.8. The van der Waals surface area contributed by atoms with E-state index < -0.39 is 35.6 Å². The zero-order valence-corrected chi connectivity index (χ0v) is 19.4. The predicted molar refractivity (Wildman–Crippen MR) is 118 cm³/mol. The Kier molecular flexibility index (Phi) is 6.20. The molecule has 4 aliphatic heterocycles. The van der Waals surface area contributed by atoms with Crippen LogP contribution in [0.15, 0.2) is 24.3 Å². The molecule has 0 saturated carbocycles. The monoisotopic (exact) mass is 445 g/mol. The molecule has 3 amide bonds. The van der Waals surface area contributed by atoms with Gasteiger partial charge in [-0.1, -0.05) is 51.5 Å². The van der Waals surface area contributed by atoms with Crippen LogP contribution in [-0.2, 0) is 19.1 Å². The minimum Gasteiger partial charge on any atom is -0.394 e. The summed E-state index contributed by atoms with van der Waals surface area (Å²) < 4.78 is 6.55. The number of carbonyl (C=O) groups is 3. The topological polar surface area (TPSA) is 90.4 Å². The molecule has 4 heterocycles. The van der Waals surface area contributed by atoms with Gasteiger partial charge in [0.1, 0.15) is 11.6 Å². The van der Waals surface area contributed by atoms with Gasteiger partial charge in [-0.2, -0.15) is 0 Å². The highest BCUT2D eigenvalue weighted by Crippen LogP contribution is 2.54. The van der Waals surface area contributed by atoms with Gasteiger partial charge >= 0.3 is 0 Å². The number of hydrogen-bond acceptors (Lipinski definition) is 5. The lowest BCUT2D eigenvalue weighted by atomic mass is 9.77. The smallest absolute Gasteiger partial charge is 0.249 e. The fourth-order valence-electron chi connectivity index (χ4n) is 5.78. The highest BCUT2D eigenvalue weighted by Gasteiger charge is 2.72. The lowest BCUT2D eigenvalue weighted by Crippen LogP contribution is -2.59. The van der Waals surface area contributed by atoms with Crippen molar-refractivity contribution in [2.45, 2.75) is 57.4 Å². The van der Waals surface area contributed by atoms with Gasteiger partial charge in [0.2, 0.25) is 17.7 Å². The van der Waals surface area contributed by atoms with Crippen molar-refractivity contribution in [3.63, 3.8) is 0 Å². The molecule has 1 N–H and O–H groups in total. The van der Waals surface area contributed by atoms with Crippen molar-refractivity contribution in [1.29, 1.82) is 0 Å². The lowest BCUT2D eigenvalue weighted by molar-refractivity contribution is -0.152.